The number of para-hydroxylation sites is 1. The van der Waals surface area contributed by atoms with Crippen LogP contribution in [0.4, 0.5) is 11.4 Å². The lowest BCUT2D eigenvalue weighted by Gasteiger charge is -2.19. The van der Waals surface area contributed by atoms with Gasteiger partial charge < -0.3 is 4.90 Å². The number of thiocarbonyl (C=S) groups is 1. The summed E-state index contributed by atoms with van der Waals surface area (Å²) in [6.45, 7) is 0.504. The van der Waals surface area contributed by atoms with E-state index < -0.39 is 0 Å². The van der Waals surface area contributed by atoms with E-state index in [9.17, 15) is 4.79 Å². The molecule has 0 aromatic heterocycles. The first-order valence-corrected chi connectivity index (χ1v) is 10.5. The summed E-state index contributed by atoms with van der Waals surface area (Å²) in [4.78, 5) is 17.3. The standard InChI is InChI=1S/C24H20N2OS2/c1-25(20-10-6-3-7-11-20)21-14-12-18(13-15-21)16-22-23(27)26(24(28)29-22)17-19-8-4-2-5-9-19/h2-16H,17H2,1H3/b22-16+. The highest BCUT2D eigenvalue weighted by molar-refractivity contribution is 8.26. The maximum atomic E-state index is 12.8. The molecule has 5 heteroatoms. The molecule has 3 aromatic carbocycles. The van der Waals surface area contributed by atoms with E-state index in [0.717, 1.165) is 22.5 Å². The van der Waals surface area contributed by atoms with E-state index in [1.54, 1.807) is 4.90 Å². The Morgan fingerprint density at radius 1 is 0.897 bits per heavy atom. The van der Waals surface area contributed by atoms with Crippen molar-refractivity contribution in [2.24, 2.45) is 0 Å². The molecule has 0 N–H and O–H groups in total. The predicted molar refractivity (Wildman–Crippen MR) is 126 cm³/mol. The molecular weight excluding hydrogens is 396 g/mol. The number of nitrogens with zero attached hydrogens (tertiary/aromatic N) is 2. The Morgan fingerprint density at radius 3 is 2.14 bits per heavy atom. The van der Waals surface area contributed by atoms with Crippen molar-refractivity contribution in [3.05, 3.63) is 101 Å². The molecule has 0 spiro atoms. The van der Waals surface area contributed by atoms with E-state index in [4.69, 9.17) is 12.2 Å². The lowest BCUT2D eigenvalue weighted by molar-refractivity contribution is -0.122. The molecule has 144 valence electrons. The van der Waals surface area contributed by atoms with Gasteiger partial charge in [0.2, 0.25) is 0 Å². The highest BCUT2D eigenvalue weighted by Crippen LogP contribution is 2.34. The van der Waals surface area contributed by atoms with Crippen molar-refractivity contribution >= 4 is 51.7 Å². The summed E-state index contributed by atoms with van der Waals surface area (Å²) in [6, 6.07) is 28.3. The summed E-state index contributed by atoms with van der Waals surface area (Å²) in [5.74, 6) is -0.0330. The summed E-state index contributed by atoms with van der Waals surface area (Å²) >= 11 is 6.80. The maximum Gasteiger partial charge on any atom is 0.266 e. The summed E-state index contributed by atoms with van der Waals surface area (Å²) < 4.78 is 0.602. The molecule has 0 aliphatic carbocycles. The fourth-order valence-electron chi connectivity index (χ4n) is 3.15. The first-order chi connectivity index (χ1) is 14.1. The molecule has 3 aromatic rings. The third kappa shape index (κ3) is 4.42. The number of hydrogen-bond donors (Lipinski definition) is 0. The summed E-state index contributed by atoms with van der Waals surface area (Å²) in [5, 5.41) is 0. The smallest absolute Gasteiger partial charge is 0.266 e. The van der Waals surface area contributed by atoms with Crippen LogP contribution in [0.1, 0.15) is 11.1 Å². The molecule has 1 heterocycles. The lowest BCUT2D eigenvalue weighted by Crippen LogP contribution is -2.27. The van der Waals surface area contributed by atoms with Crippen LogP contribution in [-0.2, 0) is 11.3 Å². The minimum Gasteiger partial charge on any atom is -0.345 e. The number of anilines is 2. The molecular formula is C24H20N2OS2. The summed E-state index contributed by atoms with van der Waals surface area (Å²) in [5.41, 5.74) is 4.26. The Kier molecular flexibility index (Phi) is 5.79. The maximum absolute atomic E-state index is 12.8. The SMILES string of the molecule is CN(c1ccccc1)c1ccc(/C=C2/SC(=S)N(Cc3ccccc3)C2=O)cc1. The van der Waals surface area contributed by atoms with Crippen molar-refractivity contribution < 1.29 is 4.79 Å². The van der Waals surface area contributed by atoms with Crippen LogP contribution in [-0.4, -0.2) is 22.2 Å². The third-order valence-corrected chi connectivity index (χ3v) is 6.16. The molecule has 1 fully saturated rings. The van der Waals surface area contributed by atoms with Crippen molar-refractivity contribution in [3.8, 4) is 0 Å². The van der Waals surface area contributed by atoms with E-state index in [2.05, 4.69) is 29.2 Å². The average molecular weight is 417 g/mol. The van der Waals surface area contributed by atoms with Crippen molar-refractivity contribution in [2.45, 2.75) is 6.54 Å². The molecule has 3 nitrogen and oxygen atoms in total. The molecule has 0 radical (unpaired) electrons. The quantitative estimate of drug-likeness (QED) is 0.384. The van der Waals surface area contributed by atoms with Crippen LogP contribution >= 0.6 is 24.0 Å². The zero-order valence-electron chi connectivity index (χ0n) is 16.0. The summed E-state index contributed by atoms with van der Waals surface area (Å²) in [7, 11) is 2.04. The van der Waals surface area contributed by atoms with Gasteiger partial charge in [0.25, 0.3) is 5.91 Å². The molecule has 0 atom stereocenters. The van der Waals surface area contributed by atoms with Crippen LogP contribution in [0.5, 0.6) is 0 Å². The Hall–Kier alpha value is -2.89. The predicted octanol–water partition coefficient (Wildman–Crippen LogP) is 5.86. The van der Waals surface area contributed by atoms with Gasteiger partial charge in [0.15, 0.2) is 0 Å². The van der Waals surface area contributed by atoms with Crippen molar-refractivity contribution in [1.29, 1.82) is 0 Å². The number of carbonyl (C=O) groups is 1. The second-order valence-electron chi connectivity index (χ2n) is 6.74. The van der Waals surface area contributed by atoms with E-state index in [0.29, 0.717) is 15.8 Å². The second kappa shape index (κ2) is 8.64. The number of amides is 1. The zero-order chi connectivity index (χ0) is 20.2. The number of thioether (sulfide) groups is 1. The number of carbonyl (C=O) groups excluding carboxylic acids is 1. The Balaban J connectivity index is 1.49. The van der Waals surface area contributed by atoms with Crippen molar-refractivity contribution in [3.63, 3.8) is 0 Å². The normalized spacial score (nSPS) is 15.2. The van der Waals surface area contributed by atoms with Gasteiger partial charge in [0.05, 0.1) is 11.4 Å². The van der Waals surface area contributed by atoms with Gasteiger partial charge in [-0.1, -0.05) is 84.6 Å². The molecule has 29 heavy (non-hydrogen) atoms. The fourth-order valence-corrected chi connectivity index (χ4v) is 4.40. The van der Waals surface area contributed by atoms with E-state index in [1.165, 1.54) is 11.8 Å². The van der Waals surface area contributed by atoms with Crippen LogP contribution in [0.2, 0.25) is 0 Å². The van der Waals surface area contributed by atoms with Gasteiger partial charge >= 0.3 is 0 Å². The van der Waals surface area contributed by atoms with Crippen molar-refractivity contribution in [1.82, 2.24) is 4.90 Å². The van der Waals surface area contributed by atoms with Gasteiger partial charge in [-0.25, -0.2) is 0 Å². The Bertz CT molecular complexity index is 1050. The third-order valence-electron chi connectivity index (χ3n) is 4.78. The van der Waals surface area contributed by atoms with Gasteiger partial charge in [0, 0.05) is 18.4 Å². The minimum absolute atomic E-state index is 0.0330. The number of hydrogen-bond acceptors (Lipinski definition) is 4. The lowest BCUT2D eigenvalue weighted by atomic mass is 10.1. The minimum atomic E-state index is -0.0330. The van der Waals surface area contributed by atoms with E-state index in [-0.39, 0.29) is 5.91 Å². The second-order valence-corrected chi connectivity index (χ2v) is 8.42. The monoisotopic (exact) mass is 416 g/mol. The Morgan fingerprint density at radius 2 is 1.48 bits per heavy atom. The molecule has 0 unspecified atom stereocenters. The zero-order valence-corrected chi connectivity index (χ0v) is 17.6. The first-order valence-electron chi connectivity index (χ1n) is 9.30. The van der Waals surface area contributed by atoms with Crippen LogP contribution in [0.15, 0.2) is 89.8 Å². The van der Waals surface area contributed by atoms with Gasteiger partial charge in [-0.3, -0.25) is 9.69 Å². The summed E-state index contributed by atoms with van der Waals surface area (Å²) in [6.07, 6.45) is 1.91. The number of rotatable bonds is 5. The molecule has 4 rings (SSSR count). The highest BCUT2D eigenvalue weighted by atomic mass is 32.2. The van der Waals surface area contributed by atoms with Gasteiger partial charge in [0.1, 0.15) is 4.32 Å². The molecule has 1 aliphatic rings. The fraction of sp³-hybridized carbons (Fsp3) is 0.0833. The molecule has 1 saturated heterocycles. The topological polar surface area (TPSA) is 23.6 Å². The van der Waals surface area contributed by atoms with E-state index >= 15 is 0 Å². The first kappa shape index (κ1) is 19.4. The van der Waals surface area contributed by atoms with Gasteiger partial charge in [-0.05, 0) is 41.5 Å². The molecule has 1 aliphatic heterocycles. The number of benzene rings is 3. The van der Waals surface area contributed by atoms with Gasteiger partial charge in [-0.2, -0.15) is 0 Å². The molecule has 0 bridgehead atoms. The molecule has 1 amide bonds. The average Bonchev–Trinajstić information content (AvgIpc) is 3.02. The van der Waals surface area contributed by atoms with Crippen molar-refractivity contribution in [2.75, 3.05) is 11.9 Å². The van der Waals surface area contributed by atoms with Crippen LogP contribution in [0.3, 0.4) is 0 Å². The highest BCUT2D eigenvalue weighted by Gasteiger charge is 2.31. The van der Waals surface area contributed by atoms with Crippen LogP contribution < -0.4 is 4.90 Å². The van der Waals surface area contributed by atoms with Gasteiger partial charge in [-0.15, -0.1) is 0 Å². The van der Waals surface area contributed by atoms with Crippen LogP contribution in [0, 0.1) is 0 Å². The Labute approximate surface area is 180 Å². The molecule has 0 saturated carbocycles. The van der Waals surface area contributed by atoms with Crippen LogP contribution in [0.25, 0.3) is 6.08 Å². The largest absolute Gasteiger partial charge is 0.345 e. The van der Waals surface area contributed by atoms with E-state index in [1.807, 2.05) is 73.8 Å².